The monoisotopic (exact) mass is 274 g/mol. The Morgan fingerprint density at radius 3 is 2.60 bits per heavy atom. The average molecular weight is 274 g/mol. The summed E-state index contributed by atoms with van der Waals surface area (Å²) in [6.45, 7) is 0.127. The number of aryl methyl sites for hydroxylation is 1. The molecule has 1 heterocycles. The van der Waals surface area contributed by atoms with Gasteiger partial charge in [-0.2, -0.15) is 0 Å². The Morgan fingerprint density at radius 2 is 1.95 bits per heavy atom. The lowest BCUT2D eigenvalue weighted by molar-refractivity contribution is 0.0698. The fourth-order valence-corrected chi connectivity index (χ4v) is 1.72. The number of aromatic nitrogens is 1. The topological polar surface area (TPSA) is 80.6 Å². The van der Waals surface area contributed by atoms with Crippen molar-refractivity contribution in [1.29, 1.82) is 0 Å². The molecule has 0 aliphatic heterocycles. The van der Waals surface area contributed by atoms with E-state index >= 15 is 0 Å². The SMILES string of the molecule is Cn1cc(NC(=O)OCc2ccccc2)c(C(=O)O)c1. The van der Waals surface area contributed by atoms with Crippen LogP contribution in [0.5, 0.6) is 0 Å². The molecule has 0 aliphatic carbocycles. The van der Waals surface area contributed by atoms with Crippen LogP contribution in [0.2, 0.25) is 0 Å². The van der Waals surface area contributed by atoms with Gasteiger partial charge in [0.05, 0.1) is 5.69 Å². The third-order valence-electron chi connectivity index (χ3n) is 2.64. The quantitative estimate of drug-likeness (QED) is 0.897. The van der Waals surface area contributed by atoms with E-state index in [2.05, 4.69) is 5.32 Å². The maximum absolute atomic E-state index is 11.6. The zero-order valence-electron chi connectivity index (χ0n) is 10.9. The lowest BCUT2D eigenvalue weighted by Gasteiger charge is -2.06. The third kappa shape index (κ3) is 3.38. The number of carbonyl (C=O) groups is 2. The lowest BCUT2D eigenvalue weighted by atomic mass is 10.2. The van der Waals surface area contributed by atoms with Crippen LogP contribution in [0.15, 0.2) is 42.7 Å². The van der Waals surface area contributed by atoms with E-state index in [9.17, 15) is 9.59 Å². The Kier molecular flexibility index (Phi) is 4.05. The van der Waals surface area contributed by atoms with E-state index in [-0.39, 0.29) is 17.9 Å². The molecular formula is C14H14N2O4. The van der Waals surface area contributed by atoms with Crippen molar-refractivity contribution in [2.75, 3.05) is 5.32 Å². The van der Waals surface area contributed by atoms with Crippen molar-refractivity contribution in [1.82, 2.24) is 4.57 Å². The summed E-state index contributed by atoms with van der Waals surface area (Å²) in [6.07, 6.45) is 2.23. The van der Waals surface area contributed by atoms with Gasteiger partial charge in [0.2, 0.25) is 0 Å². The maximum Gasteiger partial charge on any atom is 0.412 e. The predicted octanol–water partition coefficient (Wildman–Crippen LogP) is 2.47. The number of benzene rings is 1. The number of nitrogens with zero attached hydrogens (tertiary/aromatic N) is 1. The van der Waals surface area contributed by atoms with Gasteiger partial charge in [0.25, 0.3) is 0 Å². The van der Waals surface area contributed by atoms with Crippen molar-refractivity contribution >= 4 is 17.7 Å². The Hall–Kier alpha value is -2.76. The predicted molar refractivity (Wildman–Crippen MR) is 72.6 cm³/mol. The van der Waals surface area contributed by atoms with Gasteiger partial charge < -0.3 is 14.4 Å². The molecule has 0 saturated carbocycles. The molecule has 104 valence electrons. The number of hydrogen-bond acceptors (Lipinski definition) is 3. The van der Waals surface area contributed by atoms with Gasteiger partial charge in [0, 0.05) is 19.4 Å². The Balaban J connectivity index is 1.96. The van der Waals surface area contributed by atoms with Crippen LogP contribution in [0, 0.1) is 0 Å². The molecule has 2 N–H and O–H groups in total. The van der Waals surface area contributed by atoms with Gasteiger partial charge in [0.15, 0.2) is 0 Å². The summed E-state index contributed by atoms with van der Waals surface area (Å²) in [5, 5.41) is 11.4. The number of ether oxygens (including phenoxy) is 1. The molecule has 0 aliphatic rings. The molecule has 0 spiro atoms. The number of hydrogen-bond donors (Lipinski definition) is 2. The molecule has 0 atom stereocenters. The van der Waals surface area contributed by atoms with Gasteiger partial charge in [-0.3, -0.25) is 5.32 Å². The molecule has 1 aromatic heterocycles. The van der Waals surface area contributed by atoms with Crippen LogP contribution in [0.3, 0.4) is 0 Å². The van der Waals surface area contributed by atoms with E-state index < -0.39 is 12.1 Å². The Labute approximate surface area is 115 Å². The summed E-state index contributed by atoms with van der Waals surface area (Å²) in [5.74, 6) is -1.11. The number of nitrogens with one attached hydrogen (secondary N) is 1. The van der Waals surface area contributed by atoms with Crippen LogP contribution in [-0.2, 0) is 18.4 Å². The fourth-order valence-electron chi connectivity index (χ4n) is 1.72. The van der Waals surface area contributed by atoms with Crippen molar-refractivity contribution in [3.63, 3.8) is 0 Å². The molecule has 0 unspecified atom stereocenters. The van der Waals surface area contributed by atoms with Gasteiger partial charge in [-0.1, -0.05) is 30.3 Å². The van der Waals surface area contributed by atoms with E-state index in [4.69, 9.17) is 9.84 Å². The van der Waals surface area contributed by atoms with E-state index in [1.54, 1.807) is 11.6 Å². The second-order valence-electron chi connectivity index (χ2n) is 4.24. The molecule has 6 heteroatoms. The highest BCUT2D eigenvalue weighted by atomic mass is 16.5. The first kappa shape index (κ1) is 13.7. The molecule has 0 radical (unpaired) electrons. The highest BCUT2D eigenvalue weighted by Gasteiger charge is 2.15. The smallest absolute Gasteiger partial charge is 0.412 e. The van der Waals surface area contributed by atoms with E-state index in [1.165, 1.54) is 12.4 Å². The largest absolute Gasteiger partial charge is 0.478 e. The summed E-state index contributed by atoms with van der Waals surface area (Å²) in [5.41, 5.74) is 1.08. The summed E-state index contributed by atoms with van der Waals surface area (Å²) >= 11 is 0. The van der Waals surface area contributed by atoms with E-state index in [1.807, 2.05) is 30.3 Å². The second kappa shape index (κ2) is 5.92. The number of carboxylic acid groups (broad SMARTS) is 1. The summed E-state index contributed by atoms with van der Waals surface area (Å²) < 4.78 is 6.58. The van der Waals surface area contributed by atoms with Gasteiger partial charge in [0.1, 0.15) is 12.2 Å². The van der Waals surface area contributed by atoms with Crippen LogP contribution in [0.4, 0.5) is 10.5 Å². The number of carbonyl (C=O) groups excluding carboxylic acids is 1. The highest BCUT2D eigenvalue weighted by molar-refractivity contribution is 5.98. The molecular weight excluding hydrogens is 260 g/mol. The van der Waals surface area contributed by atoms with Crippen molar-refractivity contribution < 1.29 is 19.4 Å². The minimum atomic E-state index is -1.11. The van der Waals surface area contributed by atoms with Gasteiger partial charge in [-0.15, -0.1) is 0 Å². The second-order valence-corrected chi connectivity index (χ2v) is 4.24. The zero-order chi connectivity index (χ0) is 14.5. The van der Waals surface area contributed by atoms with Crippen LogP contribution in [0.25, 0.3) is 0 Å². The molecule has 6 nitrogen and oxygen atoms in total. The fraction of sp³-hybridized carbons (Fsp3) is 0.143. The first-order valence-corrected chi connectivity index (χ1v) is 5.93. The summed E-state index contributed by atoms with van der Waals surface area (Å²) in [6, 6.07) is 9.22. The zero-order valence-corrected chi connectivity index (χ0v) is 10.9. The van der Waals surface area contributed by atoms with E-state index in [0.717, 1.165) is 5.56 Å². The van der Waals surface area contributed by atoms with Crippen molar-refractivity contribution in [2.45, 2.75) is 6.61 Å². The molecule has 1 amide bonds. The van der Waals surface area contributed by atoms with Crippen molar-refractivity contribution in [2.24, 2.45) is 7.05 Å². The molecule has 2 rings (SSSR count). The third-order valence-corrected chi connectivity index (χ3v) is 2.64. The molecule has 0 fully saturated rings. The first-order valence-electron chi connectivity index (χ1n) is 5.93. The lowest BCUT2D eigenvalue weighted by Crippen LogP contribution is -2.15. The standard InChI is InChI=1S/C14H14N2O4/c1-16-7-11(13(17)18)12(8-16)15-14(19)20-9-10-5-3-2-4-6-10/h2-8H,9H2,1H3,(H,15,19)(H,17,18). The molecule has 2 aromatic rings. The van der Waals surface area contributed by atoms with Crippen LogP contribution < -0.4 is 5.32 Å². The van der Waals surface area contributed by atoms with Crippen LogP contribution in [0.1, 0.15) is 15.9 Å². The molecule has 0 saturated heterocycles. The molecule has 1 aromatic carbocycles. The van der Waals surface area contributed by atoms with Crippen molar-refractivity contribution in [3.8, 4) is 0 Å². The summed E-state index contributed by atoms with van der Waals surface area (Å²) in [7, 11) is 1.67. The number of aromatic carboxylic acids is 1. The van der Waals surface area contributed by atoms with Crippen LogP contribution >= 0.6 is 0 Å². The maximum atomic E-state index is 11.6. The van der Waals surface area contributed by atoms with Gasteiger partial charge in [-0.05, 0) is 5.56 Å². The minimum Gasteiger partial charge on any atom is -0.478 e. The number of rotatable bonds is 4. The summed E-state index contributed by atoms with van der Waals surface area (Å²) in [4.78, 5) is 22.6. The number of carboxylic acids is 1. The Bertz CT molecular complexity index is 619. The molecule has 20 heavy (non-hydrogen) atoms. The van der Waals surface area contributed by atoms with Crippen molar-refractivity contribution in [3.05, 3.63) is 53.9 Å². The number of anilines is 1. The van der Waals surface area contributed by atoms with Gasteiger partial charge in [-0.25, -0.2) is 9.59 Å². The molecule has 0 bridgehead atoms. The number of amides is 1. The normalized spacial score (nSPS) is 10.1. The Morgan fingerprint density at radius 1 is 1.25 bits per heavy atom. The minimum absolute atomic E-state index is 0.0177. The highest BCUT2D eigenvalue weighted by Crippen LogP contribution is 2.16. The average Bonchev–Trinajstić information content (AvgIpc) is 2.79. The van der Waals surface area contributed by atoms with Gasteiger partial charge >= 0.3 is 12.1 Å². The van der Waals surface area contributed by atoms with Crippen LogP contribution in [-0.4, -0.2) is 21.7 Å². The van der Waals surface area contributed by atoms with E-state index in [0.29, 0.717) is 0 Å². The first-order chi connectivity index (χ1) is 9.56.